The number of rotatable bonds is 6. The Morgan fingerprint density at radius 1 is 1.12 bits per heavy atom. The summed E-state index contributed by atoms with van der Waals surface area (Å²) in [7, 11) is -3.68. The number of anilines is 1. The topological polar surface area (TPSA) is 116 Å². The molecule has 0 bridgehead atoms. The third-order valence-electron chi connectivity index (χ3n) is 6.19. The van der Waals surface area contributed by atoms with Gasteiger partial charge in [-0.25, -0.2) is 22.4 Å². The molecule has 11 heteroatoms. The number of carboxylic acid groups (broad SMARTS) is 1. The van der Waals surface area contributed by atoms with Gasteiger partial charge in [-0.15, -0.1) is 11.3 Å². The maximum Gasteiger partial charge on any atom is 0.339 e. The first-order valence-corrected chi connectivity index (χ1v) is 13.2. The summed E-state index contributed by atoms with van der Waals surface area (Å²) in [6.45, 7) is 0.993. The predicted molar refractivity (Wildman–Crippen MR) is 123 cm³/mol. The number of sulfonamides is 1. The Morgan fingerprint density at radius 2 is 1.79 bits per heavy atom. The van der Waals surface area contributed by atoms with E-state index < -0.39 is 27.8 Å². The Labute approximate surface area is 195 Å². The number of piperidine rings is 1. The first kappa shape index (κ1) is 23.7. The molecule has 4 rings (SSSR count). The van der Waals surface area contributed by atoms with E-state index in [-0.39, 0.29) is 16.4 Å². The van der Waals surface area contributed by atoms with Crippen molar-refractivity contribution in [2.24, 2.45) is 5.92 Å². The number of urea groups is 1. The van der Waals surface area contributed by atoms with Crippen molar-refractivity contribution in [3.63, 3.8) is 0 Å². The van der Waals surface area contributed by atoms with Crippen LogP contribution in [0.25, 0.3) is 0 Å². The smallest absolute Gasteiger partial charge is 0.339 e. The molecule has 1 aliphatic carbocycles. The number of thiophene rings is 1. The third kappa shape index (κ3) is 5.20. The number of hydrogen-bond donors (Lipinski definition) is 3. The van der Waals surface area contributed by atoms with Crippen LogP contribution in [0.2, 0.25) is 0 Å². The van der Waals surface area contributed by atoms with E-state index in [1.807, 2.05) is 0 Å². The van der Waals surface area contributed by atoms with Crippen LogP contribution < -0.4 is 10.6 Å². The molecule has 2 aliphatic rings. The summed E-state index contributed by atoms with van der Waals surface area (Å²) in [5.74, 6) is -1.42. The molecule has 0 unspecified atom stereocenters. The highest BCUT2D eigenvalue weighted by molar-refractivity contribution is 7.89. The first-order valence-electron chi connectivity index (χ1n) is 10.9. The Balaban J connectivity index is 1.30. The normalized spacial score (nSPS) is 17.4. The standard InChI is InChI=1S/C22H26FN3O5S2/c23-15-5-7-16(8-6-15)33(30,31)26-11-9-14(10-12-26)13-24-22(29)25-20-19(21(27)28)17-3-1-2-4-18(17)32-20/h5-8,14H,1-4,9-13H2,(H,27,28)(H2,24,25,29). The number of nitrogens with zero attached hydrogens (tertiary/aromatic N) is 1. The first-order chi connectivity index (χ1) is 15.8. The lowest BCUT2D eigenvalue weighted by Gasteiger charge is -2.31. The summed E-state index contributed by atoms with van der Waals surface area (Å²) in [4.78, 5) is 25.3. The van der Waals surface area contributed by atoms with Gasteiger partial charge in [0.05, 0.1) is 10.5 Å². The van der Waals surface area contributed by atoms with Crippen molar-refractivity contribution in [2.45, 2.75) is 43.4 Å². The van der Waals surface area contributed by atoms with Crippen molar-refractivity contribution in [2.75, 3.05) is 25.0 Å². The number of aryl methyl sites for hydroxylation is 1. The zero-order chi connectivity index (χ0) is 23.6. The number of carboxylic acids is 1. The van der Waals surface area contributed by atoms with Gasteiger partial charge in [0.25, 0.3) is 0 Å². The van der Waals surface area contributed by atoms with Crippen LogP contribution in [0, 0.1) is 11.7 Å². The number of fused-ring (bicyclic) bond motifs is 1. The second-order valence-corrected chi connectivity index (χ2v) is 11.4. The summed E-state index contributed by atoms with van der Waals surface area (Å²) in [5, 5.41) is 15.5. The largest absolute Gasteiger partial charge is 0.478 e. The summed E-state index contributed by atoms with van der Waals surface area (Å²) in [5.41, 5.74) is 1.04. The fourth-order valence-corrected chi connectivity index (χ4v) is 7.12. The molecule has 1 aliphatic heterocycles. The lowest BCUT2D eigenvalue weighted by molar-refractivity contribution is 0.0697. The summed E-state index contributed by atoms with van der Waals surface area (Å²) < 4.78 is 39.9. The van der Waals surface area contributed by atoms with Crippen molar-refractivity contribution in [1.82, 2.24) is 9.62 Å². The molecule has 0 atom stereocenters. The van der Waals surface area contributed by atoms with Gasteiger partial charge >= 0.3 is 12.0 Å². The van der Waals surface area contributed by atoms with E-state index in [0.29, 0.717) is 37.5 Å². The van der Waals surface area contributed by atoms with Crippen molar-refractivity contribution in [3.05, 3.63) is 46.1 Å². The molecule has 2 amide bonds. The van der Waals surface area contributed by atoms with Crippen LogP contribution in [0.5, 0.6) is 0 Å². The fraction of sp³-hybridized carbons (Fsp3) is 0.455. The maximum atomic E-state index is 13.1. The maximum absolute atomic E-state index is 13.1. The summed E-state index contributed by atoms with van der Waals surface area (Å²) in [6.07, 6.45) is 4.68. The molecule has 3 N–H and O–H groups in total. The minimum absolute atomic E-state index is 0.0627. The molecule has 0 radical (unpaired) electrons. The molecule has 1 aromatic heterocycles. The monoisotopic (exact) mass is 495 g/mol. The number of carbonyl (C=O) groups is 2. The lowest BCUT2D eigenvalue weighted by atomic mass is 9.95. The van der Waals surface area contributed by atoms with E-state index in [0.717, 1.165) is 48.3 Å². The van der Waals surface area contributed by atoms with Gasteiger partial charge in [0.15, 0.2) is 0 Å². The summed E-state index contributed by atoms with van der Waals surface area (Å²) >= 11 is 1.33. The van der Waals surface area contributed by atoms with Gasteiger partial charge in [-0.05, 0) is 74.3 Å². The Morgan fingerprint density at radius 3 is 2.45 bits per heavy atom. The molecule has 2 heterocycles. The van der Waals surface area contributed by atoms with Crippen molar-refractivity contribution in [3.8, 4) is 0 Å². The van der Waals surface area contributed by atoms with Crippen LogP contribution in [-0.2, 0) is 22.9 Å². The minimum Gasteiger partial charge on any atom is -0.478 e. The molecule has 0 saturated carbocycles. The molecule has 8 nitrogen and oxygen atoms in total. The highest BCUT2D eigenvalue weighted by Gasteiger charge is 2.30. The molecule has 0 spiro atoms. The third-order valence-corrected chi connectivity index (χ3v) is 9.31. The lowest BCUT2D eigenvalue weighted by Crippen LogP contribution is -2.42. The number of halogens is 1. The van der Waals surface area contributed by atoms with Gasteiger partial charge in [-0.3, -0.25) is 5.32 Å². The number of benzene rings is 1. The van der Waals surface area contributed by atoms with Crippen molar-refractivity contribution >= 4 is 38.4 Å². The van der Waals surface area contributed by atoms with Crippen molar-refractivity contribution in [1.29, 1.82) is 0 Å². The second-order valence-electron chi connectivity index (χ2n) is 8.36. The Bertz CT molecular complexity index is 1140. The molecule has 178 valence electrons. The number of nitrogens with one attached hydrogen (secondary N) is 2. The van der Waals surface area contributed by atoms with E-state index in [1.165, 1.54) is 27.8 Å². The second kappa shape index (κ2) is 9.78. The Hall–Kier alpha value is -2.50. The Kier molecular flexibility index (Phi) is 7.01. The number of hydrogen-bond acceptors (Lipinski definition) is 5. The highest BCUT2D eigenvalue weighted by atomic mass is 32.2. The molecular formula is C22H26FN3O5S2. The average molecular weight is 496 g/mol. The predicted octanol–water partition coefficient (Wildman–Crippen LogP) is 3.69. The van der Waals surface area contributed by atoms with E-state index in [1.54, 1.807) is 0 Å². The minimum atomic E-state index is -3.68. The number of aromatic carboxylic acids is 1. The van der Waals surface area contributed by atoms with Crippen LogP contribution in [0.15, 0.2) is 29.2 Å². The number of carbonyl (C=O) groups excluding carboxylic acids is 1. The fourth-order valence-electron chi connectivity index (χ4n) is 4.37. The van der Waals surface area contributed by atoms with Gasteiger partial charge in [0.1, 0.15) is 10.8 Å². The molecule has 1 fully saturated rings. The van der Waals surface area contributed by atoms with Crippen LogP contribution in [-0.4, -0.2) is 49.5 Å². The molecule has 33 heavy (non-hydrogen) atoms. The van der Waals surface area contributed by atoms with E-state index >= 15 is 0 Å². The number of amides is 2. The zero-order valence-electron chi connectivity index (χ0n) is 18.0. The summed E-state index contributed by atoms with van der Waals surface area (Å²) in [6, 6.07) is 4.31. The van der Waals surface area contributed by atoms with Gasteiger partial charge in [0, 0.05) is 24.5 Å². The molecule has 1 saturated heterocycles. The van der Waals surface area contributed by atoms with Crippen LogP contribution in [0.3, 0.4) is 0 Å². The van der Waals surface area contributed by atoms with Crippen LogP contribution in [0.1, 0.15) is 46.5 Å². The van der Waals surface area contributed by atoms with Gasteiger partial charge in [-0.1, -0.05) is 0 Å². The van der Waals surface area contributed by atoms with Crippen LogP contribution in [0.4, 0.5) is 14.2 Å². The van der Waals surface area contributed by atoms with Crippen LogP contribution >= 0.6 is 11.3 Å². The zero-order valence-corrected chi connectivity index (χ0v) is 19.6. The van der Waals surface area contributed by atoms with Gasteiger partial charge < -0.3 is 10.4 Å². The van der Waals surface area contributed by atoms with Crippen molar-refractivity contribution < 1.29 is 27.5 Å². The van der Waals surface area contributed by atoms with Gasteiger partial charge in [-0.2, -0.15) is 4.31 Å². The molecule has 2 aromatic rings. The van der Waals surface area contributed by atoms with E-state index in [4.69, 9.17) is 0 Å². The quantitative estimate of drug-likeness (QED) is 0.565. The SMILES string of the molecule is O=C(NCC1CCN(S(=O)(=O)c2ccc(F)cc2)CC1)Nc1sc2c(c1C(=O)O)CCCC2. The van der Waals surface area contributed by atoms with Gasteiger partial charge in [0.2, 0.25) is 10.0 Å². The molecule has 1 aromatic carbocycles. The van der Waals surface area contributed by atoms with E-state index in [9.17, 15) is 27.5 Å². The molecular weight excluding hydrogens is 469 g/mol. The average Bonchev–Trinajstić information content (AvgIpc) is 3.16. The van der Waals surface area contributed by atoms with E-state index in [2.05, 4.69) is 10.6 Å². The highest BCUT2D eigenvalue weighted by Crippen LogP contribution is 2.38.